The highest BCUT2D eigenvalue weighted by atomic mass is 35.5. The van der Waals surface area contributed by atoms with Crippen LogP contribution >= 0.6 is 11.6 Å². The molecule has 0 spiro atoms. The van der Waals surface area contributed by atoms with Crippen molar-refractivity contribution >= 4 is 11.6 Å². The van der Waals surface area contributed by atoms with Crippen molar-refractivity contribution in [1.82, 2.24) is 0 Å². The first kappa shape index (κ1) is 12.3. The summed E-state index contributed by atoms with van der Waals surface area (Å²) in [6, 6.07) is 1.37. The second-order valence-corrected chi connectivity index (χ2v) is 3.95. The van der Waals surface area contributed by atoms with E-state index >= 15 is 0 Å². The second-order valence-electron chi connectivity index (χ2n) is 3.57. The highest BCUT2D eigenvalue weighted by molar-refractivity contribution is 6.32. The molecule has 4 heteroatoms. The molecular weight excluding hydrogens is 217 g/mol. The lowest BCUT2D eigenvalue weighted by Gasteiger charge is -2.17. The van der Waals surface area contributed by atoms with Crippen LogP contribution in [0.5, 0.6) is 5.75 Å². The summed E-state index contributed by atoms with van der Waals surface area (Å²) in [6.07, 6.45) is 0. The summed E-state index contributed by atoms with van der Waals surface area (Å²) >= 11 is 6.12. The fourth-order valence-electron chi connectivity index (χ4n) is 1.53. The number of hydrogen-bond donors (Lipinski definition) is 1. The Morgan fingerprint density at radius 1 is 1.60 bits per heavy atom. The molecule has 0 aliphatic heterocycles. The van der Waals surface area contributed by atoms with Gasteiger partial charge in [-0.15, -0.1) is 0 Å². The van der Waals surface area contributed by atoms with E-state index < -0.39 is 5.82 Å². The zero-order valence-corrected chi connectivity index (χ0v) is 9.86. The van der Waals surface area contributed by atoms with Gasteiger partial charge in [0.2, 0.25) is 0 Å². The summed E-state index contributed by atoms with van der Waals surface area (Å²) in [5.41, 5.74) is 6.91. The maximum atomic E-state index is 13.6. The molecule has 0 aliphatic carbocycles. The van der Waals surface area contributed by atoms with Crippen LogP contribution in [-0.2, 0) is 0 Å². The quantitative estimate of drug-likeness (QED) is 0.868. The number of benzene rings is 1. The molecule has 1 atom stereocenters. The lowest BCUT2D eigenvalue weighted by atomic mass is 9.97. The number of ether oxygens (including phenoxy) is 1. The molecule has 0 saturated carbocycles. The van der Waals surface area contributed by atoms with Gasteiger partial charge in [0, 0.05) is 5.56 Å². The van der Waals surface area contributed by atoms with E-state index in [1.54, 1.807) is 6.92 Å². The van der Waals surface area contributed by atoms with Crippen LogP contribution in [-0.4, -0.2) is 13.7 Å². The Kier molecular flexibility index (Phi) is 3.94. The number of methoxy groups -OCH3 is 1. The normalized spacial score (nSPS) is 12.7. The number of rotatable bonds is 3. The topological polar surface area (TPSA) is 35.2 Å². The molecule has 1 rings (SSSR count). The maximum Gasteiger partial charge on any atom is 0.165 e. The van der Waals surface area contributed by atoms with E-state index in [0.717, 1.165) is 0 Å². The first-order valence-electron chi connectivity index (χ1n) is 4.75. The summed E-state index contributed by atoms with van der Waals surface area (Å²) in [4.78, 5) is 0. The molecular formula is C11H15ClFNO. The fraction of sp³-hybridized carbons (Fsp3) is 0.455. The van der Waals surface area contributed by atoms with E-state index in [2.05, 4.69) is 0 Å². The predicted molar refractivity (Wildman–Crippen MR) is 60.2 cm³/mol. The van der Waals surface area contributed by atoms with E-state index in [1.165, 1.54) is 13.2 Å². The van der Waals surface area contributed by atoms with Crippen LogP contribution in [0.4, 0.5) is 4.39 Å². The Labute approximate surface area is 94.2 Å². The van der Waals surface area contributed by atoms with Gasteiger partial charge >= 0.3 is 0 Å². The predicted octanol–water partition coefficient (Wildman–Crippen LogP) is 2.86. The smallest absolute Gasteiger partial charge is 0.165 e. The van der Waals surface area contributed by atoms with Crippen molar-refractivity contribution in [2.24, 2.45) is 5.73 Å². The van der Waals surface area contributed by atoms with Crippen molar-refractivity contribution in [3.05, 3.63) is 28.0 Å². The Morgan fingerprint density at radius 2 is 2.20 bits per heavy atom. The van der Waals surface area contributed by atoms with E-state index in [0.29, 0.717) is 22.7 Å². The minimum absolute atomic E-state index is 0.0261. The van der Waals surface area contributed by atoms with Crippen molar-refractivity contribution in [1.29, 1.82) is 0 Å². The van der Waals surface area contributed by atoms with Crippen LogP contribution in [0.15, 0.2) is 6.07 Å². The van der Waals surface area contributed by atoms with E-state index in [4.69, 9.17) is 22.1 Å². The van der Waals surface area contributed by atoms with E-state index in [1.807, 2.05) is 6.92 Å². The van der Waals surface area contributed by atoms with Gasteiger partial charge in [-0.2, -0.15) is 0 Å². The maximum absolute atomic E-state index is 13.6. The highest BCUT2D eigenvalue weighted by Gasteiger charge is 2.20. The standard InChI is InChI=1S/C11H15ClFNO/c1-6-4-8(13)11(15-3)9(10(6)12)7(2)5-14/h4,7H,5,14H2,1-3H3. The molecule has 0 saturated heterocycles. The summed E-state index contributed by atoms with van der Waals surface area (Å²) in [5, 5.41) is 0.534. The van der Waals surface area contributed by atoms with Crippen LogP contribution in [0.2, 0.25) is 5.02 Å². The Hall–Kier alpha value is -0.800. The SMILES string of the molecule is COc1c(F)cc(C)c(Cl)c1C(C)CN. The van der Waals surface area contributed by atoms with E-state index in [-0.39, 0.29) is 11.7 Å². The van der Waals surface area contributed by atoms with Crippen LogP contribution in [0.1, 0.15) is 24.0 Å². The second kappa shape index (κ2) is 4.81. The van der Waals surface area contributed by atoms with Gasteiger partial charge < -0.3 is 10.5 Å². The van der Waals surface area contributed by atoms with Gasteiger partial charge in [0.05, 0.1) is 12.1 Å². The first-order chi connectivity index (χ1) is 7.02. The molecule has 1 unspecified atom stereocenters. The lowest BCUT2D eigenvalue weighted by molar-refractivity contribution is 0.378. The molecule has 0 aliphatic rings. The van der Waals surface area contributed by atoms with Crippen molar-refractivity contribution < 1.29 is 9.13 Å². The highest BCUT2D eigenvalue weighted by Crippen LogP contribution is 2.37. The number of nitrogens with two attached hydrogens (primary N) is 1. The zero-order valence-electron chi connectivity index (χ0n) is 9.10. The van der Waals surface area contributed by atoms with Gasteiger partial charge in [-0.05, 0) is 31.0 Å². The van der Waals surface area contributed by atoms with Crippen LogP contribution in [0.3, 0.4) is 0 Å². The third-order valence-electron chi connectivity index (χ3n) is 2.44. The molecule has 0 radical (unpaired) electrons. The Morgan fingerprint density at radius 3 is 2.67 bits per heavy atom. The molecule has 84 valence electrons. The van der Waals surface area contributed by atoms with Crippen molar-refractivity contribution in [3.8, 4) is 5.75 Å². The third-order valence-corrected chi connectivity index (χ3v) is 2.94. The zero-order chi connectivity index (χ0) is 11.6. The van der Waals surface area contributed by atoms with Crippen LogP contribution in [0.25, 0.3) is 0 Å². The monoisotopic (exact) mass is 231 g/mol. The summed E-state index contributed by atoms with van der Waals surface area (Å²) in [6.45, 7) is 4.05. The van der Waals surface area contributed by atoms with Crippen molar-refractivity contribution in [2.45, 2.75) is 19.8 Å². The average molecular weight is 232 g/mol. The number of aryl methyl sites for hydroxylation is 1. The largest absolute Gasteiger partial charge is 0.493 e. The van der Waals surface area contributed by atoms with Gasteiger partial charge in [0.1, 0.15) is 0 Å². The first-order valence-corrected chi connectivity index (χ1v) is 5.13. The van der Waals surface area contributed by atoms with Gasteiger partial charge in [-0.3, -0.25) is 0 Å². The summed E-state index contributed by atoms with van der Waals surface area (Å²) < 4.78 is 18.6. The average Bonchev–Trinajstić information content (AvgIpc) is 2.21. The number of hydrogen-bond acceptors (Lipinski definition) is 2. The van der Waals surface area contributed by atoms with Gasteiger partial charge in [0.15, 0.2) is 11.6 Å². The summed E-state index contributed by atoms with van der Waals surface area (Å²) in [5.74, 6) is -0.222. The Bertz CT molecular complexity index is 368. The van der Waals surface area contributed by atoms with Crippen molar-refractivity contribution in [3.63, 3.8) is 0 Å². The molecule has 2 nitrogen and oxygen atoms in total. The molecule has 0 fully saturated rings. The molecule has 0 bridgehead atoms. The molecule has 0 aromatic heterocycles. The fourth-order valence-corrected chi connectivity index (χ4v) is 1.85. The molecule has 1 aromatic carbocycles. The molecule has 2 N–H and O–H groups in total. The molecule has 15 heavy (non-hydrogen) atoms. The van der Waals surface area contributed by atoms with Gasteiger partial charge in [-0.1, -0.05) is 18.5 Å². The molecule has 0 heterocycles. The minimum atomic E-state index is -0.394. The van der Waals surface area contributed by atoms with Gasteiger partial charge in [0.25, 0.3) is 0 Å². The third kappa shape index (κ3) is 2.24. The van der Waals surface area contributed by atoms with Crippen LogP contribution in [0, 0.1) is 12.7 Å². The van der Waals surface area contributed by atoms with Crippen LogP contribution < -0.4 is 10.5 Å². The number of halogens is 2. The van der Waals surface area contributed by atoms with E-state index in [9.17, 15) is 4.39 Å². The molecule has 0 amide bonds. The lowest BCUT2D eigenvalue weighted by Crippen LogP contribution is -2.12. The Balaban J connectivity index is 3.43. The minimum Gasteiger partial charge on any atom is -0.493 e. The summed E-state index contributed by atoms with van der Waals surface area (Å²) in [7, 11) is 1.43. The molecule has 1 aromatic rings. The van der Waals surface area contributed by atoms with Crippen molar-refractivity contribution in [2.75, 3.05) is 13.7 Å². The van der Waals surface area contributed by atoms with Gasteiger partial charge in [-0.25, -0.2) is 4.39 Å².